The molecule has 0 radical (unpaired) electrons. The van der Waals surface area contributed by atoms with Crippen LogP contribution >= 0.6 is 11.8 Å². The summed E-state index contributed by atoms with van der Waals surface area (Å²) in [5.74, 6) is 1.76. The molecule has 1 aliphatic carbocycles. The summed E-state index contributed by atoms with van der Waals surface area (Å²) in [5.41, 5.74) is 4.12. The number of anilines is 1. The SMILES string of the molecule is COc1cccc(NC(=O)CSc2nnc(-c3ccc(-c4ccccc4)cc3)n2C2CCCCC2)c1. The third-order valence-electron chi connectivity index (χ3n) is 6.54. The Kier molecular flexibility index (Phi) is 7.67. The van der Waals surface area contributed by atoms with Gasteiger partial charge in [0.25, 0.3) is 0 Å². The molecule has 5 rings (SSSR count). The molecule has 0 unspecified atom stereocenters. The fraction of sp³-hybridized carbons (Fsp3) is 0.276. The van der Waals surface area contributed by atoms with Gasteiger partial charge in [-0.05, 0) is 36.1 Å². The summed E-state index contributed by atoms with van der Waals surface area (Å²) in [5, 5.41) is 12.9. The highest BCUT2D eigenvalue weighted by molar-refractivity contribution is 7.99. The van der Waals surface area contributed by atoms with E-state index in [-0.39, 0.29) is 11.7 Å². The van der Waals surface area contributed by atoms with Gasteiger partial charge in [-0.2, -0.15) is 0 Å². The van der Waals surface area contributed by atoms with Crippen LogP contribution in [0.1, 0.15) is 38.1 Å². The van der Waals surface area contributed by atoms with Crippen molar-refractivity contribution in [2.45, 2.75) is 43.3 Å². The van der Waals surface area contributed by atoms with Crippen molar-refractivity contribution in [3.05, 3.63) is 78.9 Å². The van der Waals surface area contributed by atoms with Gasteiger partial charge >= 0.3 is 0 Å². The molecule has 1 heterocycles. The maximum Gasteiger partial charge on any atom is 0.234 e. The first-order valence-corrected chi connectivity index (χ1v) is 13.4. The second kappa shape index (κ2) is 11.4. The number of hydrogen-bond donors (Lipinski definition) is 1. The first-order valence-electron chi connectivity index (χ1n) is 12.4. The van der Waals surface area contributed by atoms with Crippen LogP contribution in [0.4, 0.5) is 5.69 Å². The molecule has 4 aromatic rings. The summed E-state index contributed by atoms with van der Waals surface area (Å²) >= 11 is 1.44. The summed E-state index contributed by atoms with van der Waals surface area (Å²) < 4.78 is 7.51. The number of rotatable bonds is 8. The van der Waals surface area contributed by atoms with Crippen molar-refractivity contribution >= 4 is 23.4 Å². The van der Waals surface area contributed by atoms with Crippen LogP contribution in [0.2, 0.25) is 0 Å². The van der Waals surface area contributed by atoms with Crippen molar-refractivity contribution in [1.29, 1.82) is 0 Å². The van der Waals surface area contributed by atoms with Crippen LogP contribution in [0.15, 0.2) is 84.0 Å². The van der Waals surface area contributed by atoms with Crippen LogP contribution in [-0.4, -0.2) is 33.5 Å². The smallest absolute Gasteiger partial charge is 0.234 e. The summed E-state index contributed by atoms with van der Waals surface area (Å²) in [6.45, 7) is 0. The lowest BCUT2D eigenvalue weighted by atomic mass is 9.95. The van der Waals surface area contributed by atoms with E-state index in [9.17, 15) is 4.79 Å². The number of carbonyl (C=O) groups is 1. The van der Waals surface area contributed by atoms with Crippen molar-refractivity contribution < 1.29 is 9.53 Å². The lowest BCUT2D eigenvalue weighted by Gasteiger charge is -2.25. The maximum absolute atomic E-state index is 12.7. The zero-order chi connectivity index (χ0) is 24.7. The average molecular weight is 499 g/mol. The summed E-state index contributed by atoms with van der Waals surface area (Å²) in [6, 6.07) is 26.6. The number of carbonyl (C=O) groups excluding carboxylic acids is 1. The molecule has 0 spiro atoms. The summed E-state index contributed by atoms with van der Waals surface area (Å²) in [6.07, 6.45) is 5.89. The number of thioether (sulfide) groups is 1. The maximum atomic E-state index is 12.7. The minimum Gasteiger partial charge on any atom is -0.497 e. The minimum absolute atomic E-state index is 0.0831. The number of nitrogens with zero attached hydrogens (tertiary/aromatic N) is 3. The molecule has 7 heteroatoms. The number of methoxy groups -OCH3 is 1. The van der Waals surface area contributed by atoms with Gasteiger partial charge in [-0.1, -0.05) is 91.7 Å². The van der Waals surface area contributed by atoms with Gasteiger partial charge < -0.3 is 10.1 Å². The van der Waals surface area contributed by atoms with Crippen LogP contribution < -0.4 is 10.1 Å². The monoisotopic (exact) mass is 498 g/mol. The van der Waals surface area contributed by atoms with E-state index < -0.39 is 0 Å². The van der Waals surface area contributed by atoms with E-state index in [0.717, 1.165) is 29.4 Å². The molecule has 1 aromatic heterocycles. The second-order valence-electron chi connectivity index (χ2n) is 8.98. The highest BCUT2D eigenvalue weighted by Gasteiger charge is 2.24. The molecule has 1 N–H and O–H groups in total. The molecule has 0 atom stereocenters. The minimum atomic E-state index is -0.0831. The predicted octanol–water partition coefficient (Wildman–Crippen LogP) is 6.86. The number of amides is 1. The molecule has 6 nitrogen and oxygen atoms in total. The Bertz CT molecular complexity index is 1300. The summed E-state index contributed by atoms with van der Waals surface area (Å²) in [7, 11) is 1.61. The Hall–Kier alpha value is -3.58. The van der Waals surface area contributed by atoms with Crippen molar-refractivity contribution in [1.82, 2.24) is 14.8 Å². The zero-order valence-electron chi connectivity index (χ0n) is 20.4. The molecule has 1 amide bonds. The predicted molar refractivity (Wildman–Crippen MR) is 145 cm³/mol. The number of ether oxygens (including phenoxy) is 1. The molecule has 0 bridgehead atoms. The van der Waals surface area contributed by atoms with E-state index in [2.05, 4.69) is 68.6 Å². The van der Waals surface area contributed by atoms with Gasteiger partial charge in [0.2, 0.25) is 5.91 Å². The summed E-state index contributed by atoms with van der Waals surface area (Å²) in [4.78, 5) is 12.7. The van der Waals surface area contributed by atoms with Crippen molar-refractivity contribution in [3.8, 4) is 28.3 Å². The van der Waals surface area contributed by atoms with Gasteiger partial charge in [0.15, 0.2) is 11.0 Å². The number of hydrogen-bond acceptors (Lipinski definition) is 5. The topological polar surface area (TPSA) is 69.0 Å². The van der Waals surface area contributed by atoms with E-state index >= 15 is 0 Å². The molecular weight excluding hydrogens is 468 g/mol. The Balaban J connectivity index is 1.35. The molecule has 1 saturated carbocycles. The van der Waals surface area contributed by atoms with E-state index in [1.807, 2.05) is 30.3 Å². The molecule has 36 heavy (non-hydrogen) atoms. The van der Waals surface area contributed by atoms with Crippen LogP contribution in [0.5, 0.6) is 5.75 Å². The van der Waals surface area contributed by atoms with Gasteiger partial charge in [-0.15, -0.1) is 10.2 Å². The molecular formula is C29H30N4O2S. The molecule has 0 saturated heterocycles. The van der Waals surface area contributed by atoms with E-state index in [1.54, 1.807) is 7.11 Å². The first-order chi connectivity index (χ1) is 17.7. The molecule has 184 valence electrons. The molecule has 1 fully saturated rings. The fourth-order valence-corrected chi connectivity index (χ4v) is 5.52. The van der Waals surface area contributed by atoms with Gasteiger partial charge in [0.05, 0.1) is 12.9 Å². The van der Waals surface area contributed by atoms with Crippen LogP contribution in [0.3, 0.4) is 0 Å². The second-order valence-corrected chi connectivity index (χ2v) is 9.92. The fourth-order valence-electron chi connectivity index (χ4n) is 4.71. The van der Waals surface area contributed by atoms with Gasteiger partial charge in [-0.25, -0.2) is 0 Å². The van der Waals surface area contributed by atoms with Crippen LogP contribution in [0, 0.1) is 0 Å². The van der Waals surface area contributed by atoms with Crippen molar-refractivity contribution in [3.63, 3.8) is 0 Å². The van der Waals surface area contributed by atoms with Gasteiger partial charge in [0, 0.05) is 23.4 Å². The van der Waals surface area contributed by atoms with E-state index in [1.165, 1.54) is 42.2 Å². The lowest BCUT2D eigenvalue weighted by Crippen LogP contribution is -2.17. The van der Waals surface area contributed by atoms with E-state index in [0.29, 0.717) is 17.5 Å². The quantitative estimate of drug-likeness (QED) is 0.269. The van der Waals surface area contributed by atoms with Crippen molar-refractivity contribution in [2.75, 3.05) is 18.2 Å². The molecule has 0 aliphatic heterocycles. The highest BCUT2D eigenvalue weighted by Crippen LogP contribution is 2.36. The third-order valence-corrected chi connectivity index (χ3v) is 7.48. The van der Waals surface area contributed by atoms with E-state index in [4.69, 9.17) is 4.74 Å². The normalized spacial score (nSPS) is 13.9. The molecule has 3 aromatic carbocycles. The van der Waals surface area contributed by atoms with Crippen molar-refractivity contribution in [2.24, 2.45) is 0 Å². The Morgan fingerprint density at radius 3 is 2.39 bits per heavy atom. The third kappa shape index (κ3) is 5.62. The first kappa shape index (κ1) is 24.1. The average Bonchev–Trinajstić information content (AvgIpc) is 3.37. The lowest BCUT2D eigenvalue weighted by molar-refractivity contribution is -0.113. The highest BCUT2D eigenvalue weighted by atomic mass is 32.2. The van der Waals surface area contributed by atoms with Crippen LogP contribution in [0.25, 0.3) is 22.5 Å². The Labute approximate surface area is 216 Å². The number of benzene rings is 3. The molecule has 1 aliphatic rings. The van der Waals surface area contributed by atoms with Crippen LogP contribution in [-0.2, 0) is 4.79 Å². The standard InChI is InChI=1S/C29H30N4O2S/c1-35-26-14-8-11-24(19-26)30-27(34)20-36-29-32-31-28(33(29)25-12-6-3-7-13-25)23-17-15-22(16-18-23)21-9-4-2-5-10-21/h2,4-5,8-11,14-19,25H,3,6-7,12-13,20H2,1H3,(H,30,34). The largest absolute Gasteiger partial charge is 0.497 e. The Morgan fingerprint density at radius 2 is 1.64 bits per heavy atom. The van der Waals surface area contributed by atoms with Gasteiger partial charge in [-0.3, -0.25) is 9.36 Å². The number of aromatic nitrogens is 3. The Morgan fingerprint density at radius 1 is 0.917 bits per heavy atom. The van der Waals surface area contributed by atoms with Gasteiger partial charge in [0.1, 0.15) is 5.75 Å². The zero-order valence-corrected chi connectivity index (χ0v) is 21.2. The number of nitrogens with one attached hydrogen (secondary N) is 1.